The molecule has 1 N–H and O–H groups in total. The summed E-state index contributed by atoms with van der Waals surface area (Å²) < 4.78 is 5.24. The van der Waals surface area contributed by atoms with Gasteiger partial charge in [-0.2, -0.15) is 0 Å². The number of nitrogens with zero attached hydrogens (tertiary/aromatic N) is 1. The Bertz CT molecular complexity index is 318. The van der Waals surface area contributed by atoms with Gasteiger partial charge in [0.1, 0.15) is 5.76 Å². The molecule has 4 nitrogen and oxygen atoms in total. The van der Waals surface area contributed by atoms with Crippen LogP contribution >= 0.6 is 0 Å². The lowest BCUT2D eigenvalue weighted by molar-refractivity contribution is -0.168. The molecule has 4 heteroatoms. The van der Waals surface area contributed by atoms with Gasteiger partial charge in [0.25, 0.3) is 5.91 Å². The van der Waals surface area contributed by atoms with Crippen molar-refractivity contribution in [2.24, 2.45) is 5.92 Å². The number of hydrogen-bond donors (Lipinski definition) is 1. The number of hydrogen-bond acceptors (Lipinski definition) is 3. The minimum absolute atomic E-state index is 0.266. The van der Waals surface area contributed by atoms with Gasteiger partial charge >= 0.3 is 0 Å². The first-order chi connectivity index (χ1) is 7.16. The molecule has 1 aliphatic heterocycles. The molecule has 0 aromatic carbocycles. The van der Waals surface area contributed by atoms with Gasteiger partial charge in [0.2, 0.25) is 0 Å². The predicted molar refractivity (Wildman–Crippen MR) is 55.8 cm³/mol. The highest BCUT2D eigenvalue weighted by molar-refractivity contribution is 5.79. The number of ether oxygens (including phenoxy) is 1. The van der Waals surface area contributed by atoms with Crippen molar-refractivity contribution in [3.8, 4) is 0 Å². The van der Waals surface area contributed by atoms with E-state index in [4.69, 9.17) is 4.74 Å². The molecule has 0 saturated heterocycles. The van der Waals surface area contributed by atoms with E-state index in [0.29, 0.717) is 10.8 Å². The highest BCUT2D eigenvalue weighted by Gasteiger charge is 2.22. The summed E-state index contributed by atoms with van der Waals surface area (Å²) in [6.45, 7) is 3.66. The third-order valence-corrected chi connectivity index (χ3v) is 2.12. The van der Waals surface area contributed by atoms with Gasteiger partial charge in [0, 0.05) is 6.54 Å². The summed E-state index contributed by atoms with van der Waals surface area (Å²) in [5.74, 6) is -0.327. The SMILES string of the molecule is CCN(O)C(=O)C(C)C1=CC=CC=CO1. The molecule has 1 heterocycles. The Morgan fingerprint density at radius 1 is 1.53 bits per heavy atom. The Labute approximate surface area is 89.1 Å². The van der Waals surface area contributed by atoms with E-state index in [9.17, 15) is 10.0 Å². The molecule has 82 valence electrons. The molecule has 0 aliphatic carbocycles. The second-order valence-corrected chi connectivity index (χ2v) is 3.18. The lowest BCUT2D eigenvalue weighted by atomic mass is 10.1. The number of carbonyl (C=O) groups excluding carboxylic acids is 1. The predicted octanol–water partition coefficient (Wildman–Crippen LogP) is 1.84. The largest absolute Gasteiger partial charge is 0.469 e. The molecule has 0 spiro atoms. The molecular formula is C11H15NO3. The summed E-state index contributed by atoms with van der Waals surface area (Å²) >= 11 is 0. The third-order valence-electron chi connectivity index (χ3n) is 2.12. The highest BCUT2D eigenvalue weighted by Crippen LogP contribution is 2.16. The number of hydroxylamine groups is 2. The highest BCUT2D eigenvalue weighted by atomic mass is 16.5. The Morgan fingerprint density at radius 3 is 2.93 bits per heavy atom. The zero-order valence-electron chi connectivity index (χ0n) is 8.88. The Kier molecular flexibility index (Phi) is 4.12. The Balaban J connectivity index is 2.71. The van der Waals surface area contributed by atoms with Crippen LogP contribution in [0.2, 0.25) is 0 Å². The fourth-order valence-corrected chi connectivity index (χ4v) is 1.16. The van der Waals surface area contributed by atoms with Crippen molar-refractivity contribution in [1.29, 1.82) is 0 Å². The van der Waals surface area contributed by atoms with E-state index in [0.717, 1.165) is 0 Å². The Hall–Kier alpha value is -1.55. The van der Waals surface area contributed by atoms with Gasteiger partial charge in [0.15, 0.2) is 0 Å². The van der Waals surface area contributed by atoms with Crippen LogP contribution in [0.5, 0.6) is 0 Å². The first-order valence-corrected chi connectivity index (χ1v) is 4.87. The van der Waals surface area contributed by atoms with Crippen LogP contribution in [0.25, 0.3) is 0 Å². The van der Waals surface area contributed by atoms with Crippen LogP contribution in [0.4, 0.5) is 0 Å². The van der Waals surface area contributed by atoms with Crippen LogP contribution in [0, 0.1) is 5.92 Å². The number of carbonyl (C=O) groups is 1. The summed E-state index contributed by atoms with van der Waals surface area (Å²) in [6, 6.07) is 0. The average Bonchev–Trinajstić information content (AvgIpc) is 2.54. The molecule has 1 unspecified atom stereocenters. The number of allylic oxidation sites excluding steroid dienone is 4. The molecule has 1 rings (SSSR count). The second kappa shape index (κ2) is 5.36. The second-order valence-electron chi connectivity index (χ2n) is 3.18. The molecule has 1 atom stereocenters. The molecule has 15 heavy (non-hydrogen) atoms. The lowest BCUT2D eigenvalue weighted by Crippen LogP contribution is -2.33. The third kappa shape index (κ3) is 2.95. The Morgan fingerprint density at radius 2 is 2.27 bits per heavy atom. The molecule has 0 bridgehead atoms. The van der Waals surface area contributed by atoms with Gasteiger partial charge in [-0.15, -0.1) is 0 Å². The summed E-state index contributed by atoms with van der Waals surface area (Å²) in [6.07, 6.45) is 8.55. The molecule has 1 aliphatic rings. The van der Waals surface area contributed by atoms with Gasteiger partial charge in [-0.1, -0.05) is 12.2 Å². The topological polar surface area (TPSA) is 49.8 Å². The van der Waals surface area contributed by atoms with Crippen LogP contribution in [-0.4, -0.2) is 22.7 Å². The maximum atomic E-state index is 11.6. The van der Waals surface area contributed by atoms with E-state index < -0.39 is 5.92 Å². The van der Waals surface area contributed by atoms with Crippen molar-refractivity contribution in [3.05, 3.63) is 36.3 Å². The summed E-state index contributed by atoms with van der Waals surface area (Å²) in [5.41, 5.74) is 0. The first kappa shape index (κ1) is 11.5. The van der Waals surface area contributed by atoms with Gasteiger partial charge in [-0.25, -0.2) is 5.06 Å². The molecule has 0 saturated carbocycles. The van der Waals surface area contributed by atoms with Crippen molar-refractivity contribution in [2.75, 3.05) is 6.54 Å². The fraction of sp³-hybridized carbons (Fsp3) is 0.364. The summed E-state index contributed by atoms with van der Waals surface area (Å²) in [5, 5.41) is 9.95. The molecule has 0 radical (unpaired) electrons. The van der Waals surface area contributed by atoms with Gasteiger partial charge < -0.3 is 4.74 Å². The van der Waals surface area contributed by atoms with E-state index in [2.05, 4.69) is 0 Å². The fourth-order valence-electron chi connectivity index (χ4n) is 1.16. The summed E-state index contributed by atoms with van der Waals surface area (Å²) in [4.78, 5) is 11.6. The normalized spacial score (nSPS) is 16.3. The van der Waals surface area contributed by atoms with Crippen LogP contribution < -0.4 is 0 Å². The van der Waals surface area contributed by atoms with E-state index in [-0.39, 0.29) is 12.5 Å². The molecule has 0 fully saturated rings. The van der Waals surface area contributed by atoms with E-state index in [1.54, 1.807) is 38.2 Å². The number of amides is 1. The van der Waals surface area contributed by atoms with Crippen molar-refractivity contribution in [1.82, 2.24) is 5.06 Å². The zero-order valence-corrected chi connectivity index (χ0v) is 8.88. The number of rotatable bonds is 3. The van der Waals surface area contributed by atoms with Crippen LogP contribution in [0.1, 0.15) is 13.8 Å². The first-order valence-electron chi connectivity index (χ1n) is 4.87. The smallest absolute Gasteiger partial charge is 0.256 e. The standard InChI is InChI=1S/C11H15NO3/c1-3-12(14)11(13)9(2)10-7-5-4-6-8-15-10/h4-9,14H,3H2,1-2H3. The average molecular weight is 209 g/mol. The van der Waals surface area contributed by atoms with E-state index in [1.807, 2.05) is 0 Å². The van der Waals surface area contributed by atoms with Crippen molar-refractivity contribution in [2.45, 2.75) is 13.8 Å². The van der Waals surface area contributed by atoms with Crippen LogP contribution in [0.3, 0.4) is 0 Å². The summed E-state index contributed by atoms with van der Waals surface area (Å²) in [7, 11) is 0. The van der Waals surface area contributed by atoms with Crippen molar-refractivity contribution in [3.63, 3.8) is 0 Å². The monoisotopic (exact) mass is 209 g/mol. The van der Waals surface area contributed by atoms with Gasteiger partial charge in [-0.3, -0.25) is 10.0 Å². The van der Waals surface area contributed by atoms with Crippen molar-refractivity contribution >= 4 is 5.91 Å². The van der Waals surface area contributed by atoms with Gasteiger partial charge in [0.05, 0.1) is 12.2 Å². The molecule has 0 aromatic heterocycles. The maximum absolute atomic E-state index is 11.6. The quantitative estimate of drug-likeness (QED) is 0.570. The minimum atomic E-state index is -0.484. The minimum Gasteiger partial charge on any atom is -0.469 e. The van der Waals surface area contributed by atoms with Crippen molar-refractivity contribution < 1.29 is 14.7 Å². The molecule has 1 amide bonds. The maximum Gasteiger partial charge on any atom is 0.256 e. The zero-order chi connectivity index (χ0) is 11.3. The lowest BCUT2D eigenvalue weighted by Gasteiger charge is -2.18. The molecular weight excluding hydrogens is 194 g/mol. The van der Waals surface area contributed by atoms with E-state index in [1.165, 1.54) is 6.26 Å². The van der Waals surface area contributed by atoms with Crippen LogP contribution in [-0.2, 0) is 9.53 Å². The molecule has 0 aromatic rings. The van der Waals surface area contributed by atoms with E-state index >= 15 is 0 Å². The van der Waals surface area contributed by atoms with Gasteiger partial charge in [-0.05, 0) is 26.0 Å². The van der Waals surface area contributed by atoms with Crippen LogP contribution in [0.15, 0.2) is 36.3 Å².